The number of hydrogen-bond acceptors (Lipinski definition) is 5. The third kappa shape index (κ3) is 5.06. The van der Waals surface area contributed by atoms with Crippen molar-refractivity contribution in [1.82, 2.24) is 0 Å². The van der Waals surface area contributed by atoms with Gasteiger partial charge in [-0.15, -0.1) is 0 Å². The van der Waals surface area contributed by atoms with Gasteiger partial charge in [0.25, 0.3) is 0 Å². The number of esters is 1. The summed E-state index contributed by atoms with van der Waals surface area (Å²) in [4.78, 5) is 12.1. The van der Waals surface area contributed by atoms with E-state index < -0.39 is 5.97 Å². The van der Waals surface area contributed by atoms with Crippen LogP contribution in [-0.4, -0.2) is 26.2 Å². The van der Waals surface area contributed by atoms with Gasteiger partial charge in [0.1, 0.15) is 17.9 Å². The van der Waals surface area contributed by atoms with E-state index in [1.165, 1.54) is 46.2 Å². The fraction of sp³-hybridized carbons (Fsp3) is 0.348. The van der Waals surface area contributed by atoms with E-state index in [2.05, 4.69) is 11.4 Å². The Morgan fingerprint density at radius 2 is 1.89 bits per heavy atom. The third-order valence-corrected chi connectivity index (χ3v) is 4.90. The zero-order valence-corrected chi connectivity index (χ0v) is 16.4. The van der Waals surface area contributed by atoms with Crippen molar-refractivity contribution in [2.75, 3.05) is 19.5 Å². The number of methoxy groups -OCH3 is 2. The molecule has 1 aliphatic carbocycles. The molecular formula is C23H27NO4. The zero-order chi connectivity index (χ0) is 19.8. The molecule has 0 aromatic heterocycles. The van der Waals surface area contributed by atoms with Gasteiger partial charge >= 0.3 is 5.97 Å². The lowest BCUT2D eigenvalue weighted by molar-refractivity contribution is -0.133. The van der Waals surface area contributed by atoms with Crippen molar-refractivity contribution in [1.29, 1.82) is 0 Å². The van der Waals surface area contributed by atoms with Crippen LogP contribution in [0.15, 0.2) is 54.8 Å². The van der Waals surface area contributed by atoms with Crippen molar-refractivity contribution >= 4 is 17.2 Å². The molecule has 0 unspecified atom stereocenters. The van der Waals surface area contributed by atoms with E-state index in [9.17, 15) is 4.79 Å². The molecule has 2 aromatic rings. The molecule has 5 heteroatoms. The van der Waals surface area contributed by atoms with Gasteiger partial charge < -0.3 is 19.5 Å². The highest BCUT2D eigenvalue weighted by Gasteiger charge is 2.17. The second kappa shape index (κ2) is 9.83. The van der Waals surface area contributed by atoms with Crippen molar-refractivity contribution in [3.05, 3.63) is 65.9 Å². The highest BCUT2D eigenvalue weighted by molar-refractivity contribution is 6.16. The molecule has 148 valence electrons. The summed E-state index contributed by atoms with van der Waals surface area (Å²) in [6, 6.07) is 16.2. The Morgan fingerprint density at radius 1 is 1.11 bits per heavy atom. The molecule has 1 saturated carbocycles. The maximum atomic E-state index is 12.1. The maximum absolute atomic E-state index is 12.1. The molecule has 2 aromatic carbocycles. The number of benzene rings is 2. The molecule has 0 spiro atoms. The topological polar surface area (TPSA) is 56.8 Å². The number of carbonyl (C=O) groups is 1. The summed E-state index contributed by atoms with van der Waals surface area (Å²) in [6.07, 6.45) is 6.43. The first kappa shape index (κ1) is 19.8. The van der Waals surface area contributed by atoms with E-state index in [0.717, 1.165) is 22.6 Å². The van der Waals surface area contributed by atoms with Gasteiger partial charge in [0, 0.05) is 17.8 Å². The van der Waals surface area contributed by atoms with Crippen LogP contribution in [0, 0.1) is 0 Å². The van der Waals surface area contributed by atoms with Crippen LogP contribution in [0.4, 0.5) is 5.69 Å². The fourth-order valence-corrected chi connectivity index (χ4v) is 3.50. The number of nitrogens with one attached hydrogen (secondary N) is 1. The van der Waals surface area contributed by atoms with Gasteiger partial charge in [0.2, 0.25) is 0 Å². The van der Waals surface area contributed by atoms with E-state index in [4.69, 9.17) is 14.2 Å². The van der Waals surface area contributed by atoms with Crippen LogP contribution in [-0.2, 0) is 20.9 Å². The minimum Gasteiger partial charge on any atom is -0.503 e. The van der Waals surface area contributed by atoms with Crippen molar-refractivity contribution < 1.29 is 19.0 Å². The van der Waals surface area contributed by atoms with Crippen molar-refractivity contribution in [3.8, 4) is 5.75 Å². The minimum absolute atomic E-state index is 0.334. The number of carbonyl (C=O) groups excluding carboxylic acids is 1. The summed E-state index contributed by atoms with van der Waals surface area (Å²) >= 11 is 0. The molecule has 0 saturated heterocycles. The Bertz CT molecular complexity index is 825. The van der Waals surface area contributed by atoms with Crippen molar-refractivity contribution in [2.24, 2.45) is 0 Å². The predicted molar refractivity (Wildman–Crippen MR) is 110 cm³/mol. The van der Waals surface area contributed by atoms with Gasteiger partial charge in [-0.25, -0.2) is 4.79 Å². The Kier molecular flexibility index (Phi) is 6.95. The molecule has 28 heavy (non-hydrogen) atoms. The van der Waals surface area contributed by atoms with Gasteiger partial charge in [-0.05, 0) is 36.1 Å². The van der Waals surface area contributed by atoms with Crippen molar-refractivity contribution in [2.45, 2.75) is 38.3 Å². The lowest BCUT2D eigenvalue weighted by atomic mass is 10.0. The second-order valence-corrected chi connectivity index (χ2v) is 6.86. The van der Waals surface area contributed by atoms with Crippen LogP contribution < -0.4 is 10.1 Å². The van der Waals surface area contributed by atoms with Crippen molar-refractivity contribution in [3.63, 3.8) is 0 Å². The van der Waals surface area contributed by atoms with E-state index in [0.29, 0.717) is 18.2 Å². The predicted octanol–water partition coefficient (Wildman–Crippen LogP) is 4.78. The van der Waals surface area contributed by atoms with E-state index in [-0.39, 0.29) is 0 Å². The summed E-state index contributed by atoms with van der Waals surface area (Å²) in [6.45, 7) is 0.334. The summed E-state index contributed by atoms with van der Waals surface area (Å²) in [7, 11) is 2.86. The molecule has 0 bridgehead atoms. The maximum Gasteiger partial charge on any atom is 0.341 e. The van der Waals surface area contributed by atoms with E-state index in [1.807, 2.05) is 42.5 Å². The normalized spacial score (nSPS) is 14.6. The average molecular weight is 381 g/mol. The molecule has 0 heterocycles. The molecule has 0 amide bonds. The number of rotatable bonds is 8. The Hall–Kier alpha value is -2.95. The monoisotopic (exact) mass is 381 g/mol. The van der Waals surface area contributed by atoms with E-state index >= 15 is 0 Å². The average Bonchev–Trinajstić information content (AvgIpc) is 3.23. The second-order valence-electron chi connectivity index (χ2n) is 6.86. The Labute approximate surface area is 166 Å². The molecule has 3 rings (SSSR count). The first-order valence-corrected chi connectivity index (χ1v) is 9.60. The number of ether oxygens (including phenoxy) is 3. The smallest absolute Gasteiger partial charge is 0.341 e. The highest BCUT2D eigenvalue weighted by Crippen LogP contribution is 2.26. The van der Waals surface area contributed by atoms with Gasteiger partial charge in [-0.1, -0.05) is 43.2 Å². The molecule has 0 aliphatic heterocycles. The SMILES string of the molecule is CO/C=C(/C(=O)OC)c1ccccc1COc1cccc(NC2CCCC2)c1. The summed E-state index contributed by atoms with van der Waals surface area (Å²) < 4.78 is 16.0. The van der Waals surface area contributed by atoms with Crippen LogP contribution in [0.3, 0.4) is 0 Å². The van der Waals surface area contributed by atoms with Crippen LogP contribution in [0.25, 0.3) is 5.57 Å². The minimum atomic E-state index is -0.447. The summed E-state index contributed by atoms with van der Waals surface area (Å²) in [5.41, 5.74) is 3.05. The molecule has 1 N–H and O–H groups in total. The van der Waals surface area contributed by atoms with Crippen LogP contribution in [0.5, 0.6) is 5.75 Å². The molecule has 5 nitrogen and oxygen atoms in total. The van der Waals surface area contributed by atoms with Crippen LogP contribution >= 0.6 is 0 Å². The molecule has 1 fully saturated rings. The Balaban J connectivity index is 1.73. The Morgan fingerprint density at radius 3 is 2.64 bits per heavy atom. The standard InChI is InChI=1S/C23H27NO4/c1-26-16-22(23(25)27-2)21-13-6-3-8-17(21)15-28-20-12-7-11-19(14-20)24-18-9-4-5-10-18/h3,6-8,11-14,16,18,24H,4-5,9-10,15H2,1-2H3/b22-16+. The molecule has 0 atom stereocenters. The van der Waals surface area contributed by atoms with Gasteiger partial charge in [-0.3, -0.25) is 0 Å². The third-order valence-electron chi connectivity index (χ3n) is 4.90. The zero-order valence-electron chi connectivity index (χ0n) is 16.4. The van der Waals surface area contributed by atoms with Gasteiger partial charge in [0.05, 0.1) is 20.5 Å². The van der Waals surface area contributed by atoms with E-state index in [1.54, 1.807) is 0 Å². The van der Waals surface area contributed by atoms with Gasteiger partial charge in [-0.2, -0.15) is 0 Å². The highest BCUT2D eigenvalue weighted by atomic mass is 16.5. The lowest BCUT2D eigenvalue weighted by Crippen LogP contribution is -2.14. The van der Waals surface area contributed by atoms with Crippen LogP contribution in [0.2, 0.25) is 0 Å². The molecule has 1 aliphatic rings. The summed E-state index contributed by atoms with van der Waals surface area (Å²) in [5.74, 6) is 0.338. The number of hydrogen-bond donors (Lipinski definition) is 1. The first-order chi connectivity index (χ1) is 13.7. The molecule has 0 radical (unpaired) electrons. The molecular weight excluding hydrogens is 354 g/mol. The quantitative estimate of drug-likeness (QED) is 0.405. The lowest BCUT2D eigenvalue weighted by Gasteiger charge is -2.15. The van der Waals surface area contributed by atoms with Crippen LogP contribution in [0.1, 0.15) is 36.8 Å². The summed E-state index contributed by atoms with van der Waals surface area (Å²) in [5, 5.41) is 3.58. The first-order valence-electron chi connectivity index (χ1n) is 9.60. The number of anilines is 1. The largest absolute Gasteiger partial charge is 0.503 e. The fourth-order valence-electron chi connectivity index (χ4n) is 3.50. The van der Waals surface area contributed by atoms with Gasteiger partial charge in [0.15, 0.2) is 0 Å².